The summed E-state index contributed by atoms with van der Waals surface area (Å²) in [7, 11) is 0. The van der Waals surface area contributed by atoms with Crippen molar-refractivity contribution in [3.63, 3.8) is 0 Å². The fourth-order valence-corrected chi connectivity index (χ4v) is 1.46. The predicted octanol–water partition coefficient (Wildman–Crippen LogP) is 1.74. The van der Waals surface area contributed by atoms with Crippen molar-refractivity contribution >= 4 is 5.97 Å². The Balaban J connectivity index is 2.22. The standard InChI is InChI=1S/C10H13NO3/c1-2-7-8(5-9(12)13)14-10(11-7)6-3-4-6/h6H,2-5H2,1H3,(H,12,13). The van der Waals surface area contributed by atoms with Gasteiger partial charge in [-0.3, -0.25) is 4.79 Å². The summed E-state index contributed by atoms with van der Waals surface area (Å²) in [6, 6.07) is 0. The normalized spacial score (nSPS) is 15.8. The van der Waals surface area contributed by atoms with Crippen molar-refractivity contribution in [2.75, 3.05) is 0 Å². The molecule has 1 saturated carbocycles. The number of aliphatic carboxylic acids is 1. The molecular weight excluding hydrogens is 182 g/mol. The van der Waals surface area contributed by atoms with Crippen LogP contribution < -0.4 is 0 Å². The number of aryl methyl sites for hydroxylation is 1. The molecule has 2 rings (SSSR count). The van der Waals surface area contributed by atoms with Gasteiger partial charge in [0.2, 0.25) is 0 Å². The van der Waals surface area contributed by atoms with Gasteiger partial charge in [-0.1, -0.05) is 6.92 Å². The Bertz CT molecular complexity index is 352. The van der Waals surface area contributed by atoms with Crippen molar-refractivity contribution in [1.82, 2.24) is 4.98 Å². The quantitative estimate of drug-likeness (QED) is 0.794. The molecule has 1 aliphatic rings. The van der Waals surface area contributed by atoms with Crippen molar-refractivity contribution in [1.29, 1.82) is 0 Å². The second-order valence-corrected chi connectivity index (χ2v) is 3.62. The monoisotopic (exact) mass is 195 g/mol. The van der Waals surface area contributed by atoms with Crippen LogP contribution in [0, 0.1) is 0 Å². The fourth-order valence-electron chi connectivity index (χ4n) is 1.46. The highest BCUT2D eigenvalue weighted by Crippen LogP contribution is 2.40. The van der Waals surface area contributed by atoms with Crippen molar-refractivity contribution in [3.8, 4) is 0 Å². The molecule has 4 nitrogen and oxygen atoms in total. The highest BCUT2D eigenvalue weighted by atomic mass is 16.4. The number of hydrogen-bond donors (Lipinski definition) is 1. The molecule has 0 unspecified atom stereocenters. The zero-order chi connectivity index (χ0) is 10.1. The van der Waals surface area contributed by atoms with E-state index in [0.717, 1.165) is 30.8 Å². The first-order chi connectivity index (χ1) is 6.70. The van der Waals surface area contributed by atoms with Crippen LogP contribution in [0.1, 0.15) is 43.0 Å². The van der Waals surface area contributed by atoms with Crippen LogP contribution in [0.15, 0.2) is 4.42 Å². The summed E-state index contributed by atoms with van der Waals surface area (Å²) in [6.07, 6.45) is 2.92. The van der Waals surface area contributed by atoms with Gasteiger partial charge < -0.3 is 9.52 Å². The average molecular weight is 195 g/mol. The van der Waals surface area contributed by atoms with Gasteiger partial charge in [0.1, 0.15) is 12.2 Å². The lowest BCUT2D eigenvalue weighted by Crippen LogP contribution is -2.01. The molecule has 0 radical (unpaired) electrons. The minimum Gasteiger partial charge on any atom is -0.481 e. The Morgan fingerprint density at radius 3 is 2.86 bits per heavy atom. The van der Waals surface area contributed by atoms with E-state index in [-0.39, 0.29) is 6.42 Å². The third-order valence-corrected chi connectivity index (χ3v) is 2.37. The number of carbonyl (C=O) groups is 1. The van der Waals surface area contributed by atoms with Gasteiger partial charge in [0.25, 0.3) is 0 Å². The molecule has 0 amide bonds. The average Bonchev–Trinajstić information content (AvgIpc) is 2.89. The van der Waals surface area contributed by atoms with Crippen LogP contribution in [-0.4, -0.2) is 16.1 Å². The summed E-state index contributed by atoms with van der Waals surface area (Å²) in [5.41, 5.74) is 0.800. The van der Waals surface area contributed by atoms with Crippen molar-refractivity contribution < 1.29 is 14.3 Å². The Kier molecular flexibility index (Phi) is 2.27. The van der Waals surface area contributed by atoms with Crippen molar-refractivity contribution in [3.05, 3.63) is 17.3 Å². The maximum Gasteiger partial charge on any atom is 0.311 e. The topological polar surface area (TPSA) is 63.3 Å². The van der Waals surface area contributed by atoms with Gasteiger partial charge in [-0.2, -0.15) is 0 Å². The lowest BCUT2D eigenvalue weighted by atomic mass is 10.2. The van der Waals surface area contributed by atoms with Crippen LogP contribution in [0.3, 0.4) is 0 Å². The van der Waals surface area contributed by atoms with E-state index >= 15 is 0 Å². The molecular formula is C10H13NO3. The van der Waals surface area contributed by atoms with Crippen LogP contribution in [0.4, 0.5) is 0 Å². The smallest absolute Gasteiger partial charge is 0.311 e. The second kappa shape index (κ2) is 3.44. The van der Waals surface area contributed by atoms with Crippen LogP contribution in [0.2, 0.25) is 0 Å². The Hall–Kier alpha value is -1.32. The number of nitrogens with zero attached hydrogens (tertiary/aromatic N) is 1. The minimum absolute atomic E-state index is 0.0527. The molecule has 0 spiro atoms. The summed E-state index contributed by atoms with van der Waals surface area (Å²) < 4.78 is 5.45. The molecule has 1 fully saturated rings. The number of hydrogen-bond acceptors (Lipinski definition) is 3. The van der Waals surface area contributed by atoms with E-state index in [2.05, 4.69) is 4.98 Å². The molecule has 4 heteroatoms. The molecule has 14 heavy (non-hydrogen) atoms. The molecule has 1 aromatic heterocycles. The lowest BCUT2D eigenvalue weighted by molar-refractivity contribution is -0.136. The summed E-state index contributed by atoms with van der Waals surface area (Å²) in [6.45, 7) is 1.96. The van der Waals surface area contributed by atoms with Gasteiger partial charge in [-0.05, 0) is 19.3 Å². The zero-order valence-corrected chi connectivity index (χ0v) is 8.12. The van der Waals surface area contributed by atoms with E-state index < -0.39 is 5.97 Å². The van der Waals surface area contributed by atoms with Gasteiger partial charge in [-0.25, -0.2) is 4.98 Å². The highest BCUT2D eigenvalue weighted by Gasteiger charge is 2.30. The van der Waals surface area contributed by atoms with Gasteiger partial charge in [0.05, 0.1) is 5.69 Å². The molecule has 1 aliphatic carbocycles. The van der Waals surface area contributed by atoms with Gasteiger partial charge in [0, 0.05) is 5.92 Å². The fraction of sp³-hybridized carbons (Fsp3) is 0.600. The molecule has 76 valence electrons. The Morgan fingerprint density at radius 2 is 2.36 bits per heavy atom. The molecule has 1 aromatic rings. The third-order valence-electron chi connectivity index (χ3n) is 2.37. The molecule has 1 N–H and O–H groups in total. The Labute approximate surface area is 81.9 Å². The first-order valence-corrected chi connectivity index (χ1v) is 4.91. The SMILES string of the molecule is CCc1nc(C2CC2)oc1CC(=O)O. The molecule has 0 atom stereocenters. The van der Waals surface area contributed by atoms with Gasteiger partial charge in [0.15, 0.2) is 5.89 Å². The van der Waals surface area contributed by atoms with Gasteiger partial charge >= 0.3 is 5.97 Å². The van der Waals surface area contributed by atoms with E-state index in [1.54, 1.807) is 0 Å². The van der Waals surface area contributed by atoms with E-state index in [0.29, 0.717) is 11.7 Å². The number of carboxylic acid groups (broad SMARTS) is 1. The molecule has 1 heterocycles. The van der Waals surface area contributed by atoms with Crippen LogP contribution >= 0.6 is 0 Å². The second-order valence-electron chi connectivity index (χ2n) is 3.62. The van der Waals surface area contributed by atoms with Crippen LogP contribution in [0.25, 0.3) is 0 Å². The largest absolute Gasteiger partial charge is 0.481 e. The highest BCUT2D eigenvalue weighted by molar-refractivity contribution is 5.69. The zero-order valence-electron chi connectivity index (χ0n) is 8.12. The van der Waals surface area contributed by atoms with Crippen molar-refractivity contribution in [2.24, 2.45) is 0 Å². The minimum atomic E-state index is -0.863. The first-order valence-electron chi connectivity index (χ1n) is 4.91. The number of carboxylic acids is 1. The van der Waals surface area contributed by atoms with Crippen LogP contribution in [0.5, 0.6) is 0 Å². The van der Waals surface area contributed by atoms with E-state index in [1.165, 1.54) is 0 Å². The van der Waals surface area contributed by atoms with E-state index in [9.17, 15) is 4.79 Å². The number of rotatable bonds is 4. The molecule has 0 aromatic carbocycles. The number of aromatic nitrogens is 1. The van der Waals surface area contributed by atoms with Crippen molar-refractivity contribution in [2.45, 2.75) is 38.5 Å². The lowest BCUT2D eigenvalue weighted by Gasteiger charge is -1.92. The summed E-state index contributed by atoms with van der Waals surface area (Å²) in [5.74, 6) is 0.848. The predicted molar refractivity (Wildman–Crippen MR) is 49.2 cm³/mol. The summed E-state index contributed by atoms with van der Waals surface area (Å²) in [5, 5.41) is 8.66. The molecule has 0 bridgehead atoms. The van der Waals surface area contributed by atoms with Crippen LogP contribution in [-0.2, 0) is 17.6 Å². The Morgan fingerprint density at radius 1 is 1.64 bits per heavy atom. The van der Waals surface area contributed by atoms with E-state index in [1.807, 2.05) is 6.92 Å². The molecule has 0 saturated heterocycles. The third kappa shape index (κ3) is 1.78. The summed E-state index contributed by atoms with van der Waals surface area (Å²) >= 11 is 0. The first kappa shape index (κ1) is 9.24. The summed E-state index contributed by atoms with van der Waals surface area (Å²) in [4.78, 5) is 14.9. The molecule has 0 aliphatic heterocycles. The maximum absolute atomic E-state index is 10.5. The number of oxazole rings is 1. The maximum atomic E-state index is 10.5. The van der Waals surface area contributed by atoms with E-state index in [4.69, 9.17) is 9.52 Å². The van der Waals surface area contributed by atoms with Gasteiger partial charge in [-0.15, -0.1) is 0 Å².